The molecule has 0 bridgehead atoms. The van der Waals surface area contributed by atoms with Crippen LogP contribution >= 0.6 is 0 Å². The Morgan fingerprint density at radius 3 is 2.49 bits per heavy atom. The van der Waals surface area contributed by atoms with Gasteiger partial charge in [0, 0.05) is 38.9 Å². The van der Waals surface area contributed by atoms with E-state index in [2.05, 4.69) is 5.32 Å². The molecule has 1 aliphatic heterocycles. The number of rotatable bonds is 8. The number of sulfonamides is 1. The predicted molar refractivity (Wildman–Crippen MR) is 127 cm³/mol. The first-order valence-electron chi connectivity index (χ1n) is 10.6. The topological polar surface area (TPSA) is 148 Å². The molecule has 1 amide bonds. The zero-order valence-corrected chi connectivity index (χ0v) is 20.3. The zero-order valence-electron chi connectivity index (χ0n) is 19.5. The van der Waals surface area contributed by atoms with E-state index >= 15 is 0 Å². The maximum Gasteiger partial charge on any atom is 0.338 e. The number of nitrogens with one attached hydrogen (secondary N) is 1. The lowest BCUT2D eigenvalue weighted by Crippen LogP contribution is -2.36. The molecule has 3 rings (SSSR count). The zero-order chi connectivity index (χ0) is 25.8. The number of anilines is 2. The second-order valence-electron chi connectivity index (χ2n) is 7.95. The Kier molecular flexibility index (Phi) is 8.04. The van der Waals surface area contributed by atoms with Crippen molar-refractivity contribution in [2.45, 2.75) is 11.8 Å². The SMILES string of the molecule is Cc1ccc(NC(=O)COC(=O)c2ccc(N3CCOCC3)c([N+](=O)[O-])c2)cc1S(=O)(=O)N(C)C. The molecule has 2 aromatic rings. The molecule has 12 nitrogen and oxygen atoms in total. The highest BCUT2D eigenvalue weighted by Crippen LogP contribution is 2.30. The first kappa shape index (κ1) is 26.1. The lowest BCUT2D eigenvalue weighted by atomic mass is 10.1. The molecule has 2 aromatic carbocycles. The Hall–Kier alpha value is -3.55. The molecule has 13 heteroatoms. The van der Waals surface area contributed by atoms with Crippen molar-refractivity contribution in [1.82, 2.24) is 4.31 Å². The predicted octanol–water partition coefficient (Wildman–Crippen LogP) is 1.79. The molecule has 0 aromatic heterocycles. The van der Waals surface area contributed by atoms with E-state index in [1.54, 1.807) is 17.9 Å². The quantitative estimate of drug-likeness (QED) is 0.321. The molecular weight excluding hydrogens is 480 g/mol. The number of nitro benzene ring substituents is 1. The number of nitrogens with zero attached hydrogens (tertiary/aromatic N) is 3. The summed E-state index contributed by atoms with van der Waals surface area (Å²) in [6.45, 7) is 2.83. The van der Waals surface area contributed by atoms with Gasteiger partial charge in [0.2, 0.25) is 10.0 Å². The number of hydrogen-bond donors (Lipinski definition) is 1. The van der Waals surface area contributed by atoms with Crippen molar-refractivity contribution in [1.29, 1.82) is 0 Å². The molecule has 1 saturated heterocycles. The Bertz CT molecular complexity index is 1240. The number of amides is 1. The van der Waals surface area contributed by atoms with Crippen molar-refractivity contribution in [3.8, 4) is 0 Å². The largest absolute Gasteiger partial charge is 0.452 e. The molecule has 0 spiro atoms. The fourth-order valence-corrected chi connectivity index (χ4v) is 4.58. The normalized spacial score (nSPS) is 14.0. The van der Waals surface area contributed by atoms with Gasteiger partial charge in [-0.15, -0.1) is 0 Å². The van der Waals surface area contributed by atoms with Crippen LogP contribution in [0.5, 0.6) is 0 Å². The Labute approximate surface area is 202 Å². The van der Waals surface area contributed by atoms with Crippen LogP contribution in [0.4, 0.5) is 17.1 Å². The second kappa shape index (κ2) is 10.8. The average molecular weight is 507 g/mol. The van der Waals surface area contributed by atoms with Crippen molar-refractivity contribution < 1.29 is 32.4 Å². The Balaban J connectivity index is 1.67. The lowest BCUT2D eigenvalue weighted by molar-refractivity contribution is -0.384. The maximum absolute atomic E-state index is 12.4. The number of esters is 1. The van der Waals surface area contributed by atoms with Crippen LogP contribution in [0.3, 0.4) is 0 Å². The molecule has 0 atom stereocenters. The number of ether oxygens (including phenoxy) is 2. The second-order valence-corrected chi connectivity index (χ2v) is 10.1. The van der Waals surface area contributed by atoms with Crippen molar-refractivity contribution in [2.75, 3.05) is 57.2 Å². The van der Waals surface area contributed by atoms with E-state index in [4.69, 9.17) is 9.47 Å². The smallest absolute Gasteiger partial charge is 0.338 e. The first-order valence-corrected chi connectivity index (χ1v) is 12.1. The van der Waals surface area contributed by atoms with E-state index in [0.717, 1.165) is 10.4 Å². The molecule has 0 unspecified atom stereocenters. The third-order valence-corrected chi connectivity index (χ3v) is 7.28. The van der Waals surface area contributed by atoms with Crippen molar-refractivity contribution in [2.24, 2.45) is 0 Å². The van der Waals surface area contributed by atoms with Gasteiger partial charge < -0.3 is 19.7 Å². The van der Waals surface area contributed by atoms with Crippen molar-refractivity contribution >= 4 is 39.0 Å². The molecule has 0 aliphatic carbocycles. The highest BCUT2D eigenvalue weighted by atomic mass is 32.2. The summed E-state index contributed by atoms with van der Waals surface area (Å²) in [5.74, 6) is -1.61. The fourth-order valence-electron chi connectivity index (χ4n) is 3.43. The van der Waals surface area contributed by atoms with Crippen LogP contribution in [0.2, 0.25) is 0 Å². The fraction of sp³-hybridized carbons (Fsp3) is 0.364. The maximum atomic E-state index is 12.4. The van der Waals surface area contributed by atoms with Gasteiger partial charge in [0.25, 0.3) is 11.6 Å². The Morgan fingerprint density at radius 1 is 1.17 bits per heavy atom. The third kappa shape index (κ3) is 6.12. The van der Waals surface area contributed by atoms with E-state index in [0.29, 0.717) is 37.6 Å². The van der Waals surface area contributed by atoms with Gasteiger partial charge in [-0.3, -0.25) is 14.9 Å². The summed E-state index contributed by atoms with van der Waals surface area (Å²) < 4.78 is 36.2. The van der Waals surface area contributed by atoms with Gasteiger partial charge in [0.05, 0.1) is 28.6 Å². The van der Waals surface area contributed by atoms with Crippen molar-refractivity contribution in [3.05, 3.63) is 57.6 Å². The number of carbonyl (C=O) groups is 2. The molecule has 1 aliphatic rings. The summed E-state index contributed by atoms with van der Waals surface area (Å²) in [4.78, 5) is 37.5. The molecule has 1 fully saturated rings. The summed E-state index contributed by atoms with van der Waals surface area (Å²) >= 11 is 0. The summed E-state index contributed by atoms with van der Waals surface area (Å²) in [6.07, 6.45) is 0. The number of hydrogen-bond acceptors (Lipinski definition) is 9. The highest BCUT2D eigenvalue weighted by molar-refractivity contribution is 7.89. The van der Waals surface area contributed by atoms with Gasteiger partial charge >= 0.3 is 5.97 Å². The van der Waals surface area contributed by atoms with Gasteiger partial charge in [0.1, 0.15) is 5.69 Å². The number of nitro groups is 1. The minimum Gasteiger partial charge on any atom is -0.452 e. The molecule has 1 heterocycles. The number of morpholine rings is 1. The summed E-state index contributed by atoms with van der Waals surface area (Å²) in [7, 11) is -0.919. The molecule has 188 valence electrons. The number of carbonyl (C=O) groups excluding carboxylic acids is 2. The first-order chi connectivity index (χ1) is 16.5. The minimum absolute atomic E-state index is 0.0324. The number of benzene rings is 2. The standard InChI is InChI=1S/C22H26N4O8S/c1-15-4-6-17(13-20(15)35(31,32)24(2)3)23-21(27)14-34-22(28)16-5-7-18(19(12-16)26(29)30)25-8-10-33-11-9-25/h4-7,12-13H,8-11,14H2,1-3H3,(H,23,27). The number of aryl methyl sites for hydroxylation is 1. The summed E-state index contributed by atoms with van der Waals surface area (Å²) in [5.41, 5.74) is 0.763. The van der Waals surface area contributed by atoms with Crippen LogP contribution in [0.1, 0.15) is 15.9 Å². The molecule has 35 heavy (non-hydrogen) atoms. The minimum atomic E-state index is -3.72. The van der Waals surface area contributed by atoms with Crippen LogP contribution in [-0.2, 0) is 24.3 Å². The molecule has 0 radical (unpaired) electrons. The molecule has 0 saturated carbocycles. The third-order valence-electron chi connectivity index (χ3n) is 5.32. The van der Waals surface area contributed by atoms with Crippen LogP contribution in [0.25, 0.3) is 0 Å². The molecular formula is C22H26N4O8S. The van der Waals surface area contributed by atoms with E-state index in [1.807, 2.05) is 0 Å². The van der Waals surface area contributed by atoms with E-state index < -0.39 is 33.4 Å². The monoisotopic (exact) mass is 506 g/mol. The Morgan fingerprint density at radius 2 is 1.86 bits per heavy atom. The molecule has 1 N–H and O–H groups in total. The lowest BCUT2D eigenvalue weighted by Gasteiger charge is -2.28. The average Bonchev–Trinajstić information content (AvgIpc) is 2.83. The van der Waals surface area contributed by atoms with E-state index in [9.17, 15) is 28.1 Å². The van der Waals surface area contributed by atoms with E-state index in [1.165, 1.54) is 38.4 Å². The van der Waals surface area contributed by atoms with Crippen LogP contribution in [0, 0.1) is 17.0 Å². The van der Waals surface area contributed by atoms with Crippen LogP contribution < -0.4 is 10.2 Å². The van der Waals surface area contributed by atoms with Gasteiger partial charge in [0.15, 0.2) is 6.61 Å². The van der Waals surface area contributed by atoms with Gasteiger partial charge in [-0.2, -0.15) is 0 Å². The van der Waals surface area contributed by atoms with Crippen molar-refractivity contribution in [3.63, 3.8) is 0 Å². The summed E-state index contributed by atoms with van der Waals surface area (Å²) in [5, 5.41) is 14.0. The summed E-state index contributed by atoms with van der Waals surface area (Å²) in [6, 6.07) is 8.38. The van der Waals surface area contributed by atoms with Crippen LogP contribution in [0.15, 0.2) is 41.3 Å². The van der Waals surface area contributed by atoms with Gasteiger partial charge in [-0.1, -0.05) is 6.07 Å². The van der Waals surface area contributed by atoms with E-state index in [-0.39, 0.29) is 21.8 Å². The van der Waals surface area contributed by atoms with Gasteiger partial charge in [-0.05, 0) is 36.8 Å². The van der Waals surface area contributed by atoms with Gasteiger partial charge in [-0.25, -0.2) is 17.5 Å². The van der Waals surface area contributed by atoms with Crippen LogP contribution in [-0.4, -0.2) is 76.5 Å². The highest BCUT2D eigenvalue weighted by Gasteiger charge is 2.24.